The van der Waals surface area contributed by atoms with Gasteiger partial charge in [0.25, 0.3) is 0 Å². The van der Waals surface area contributed by atoms with Crippen molar-refractivity contribution in [2.45, 2.75) is 6.92 Å². The lowest BCUT2D eigenvalue weighted by molar-refractivity contribution is 0.425. The molecule has 2 heteroatoms. The molecule has 0 aliphatic carbocycles. The zero-order chi connectivity index (χ0) is 10.6. The molecule has 0 saturated heterocycles. The monoisotopic (exact) mass is 205 g/mol. The van der Waals surface area contributed by atoms with Crippen LogP contribution in [0.2, 0.25) is 0 Å². The third kappa shape index (κ3) is 3.02. The van der Waals surface area contributed by atoms with Crippen LogP contribution in [-0.4, -0.2) is 25.0 Å². The first-order valence-electron chi connectivity index (χ1n) is 4.50. The summed E-state index contributed by atoms with van der Waals surface area (Å²) in [7, 11) is 2.01. The van der Waals surface area contributed by atoms with Crippen LogP contribution in [0.25, 0.3) is 5.57 Å². The van der Waals surface area contributed by atoms with E-state index in [0.717, 1.165) is 12.1 Å². The number of nitrogens with zero attached hydrogens (tertiary/aromatic N) is 1. The molecule has 14 heavy (non-hydrogen) atoms. The summed E-state index contributed by atoms with van der Waals surface area (Å²) in [4.78, 5) is 4.66. The summed E-state index contributed by atoms with van der Waals surface area (Å²) < 4.78 is 0. The van der Waals surface area contributed by atoms with Gasteiger partial charge in [-0.2, -0.15) is 0 Å². The summed E-state index contributed by atoms with van der Waals surface area (Å²) in [5.41, 5.74) is 1.14. The lowest BCUT2D eigenvalue weighted by Gasteiger charge is -2.13. The van der Waals surface area contributed by atoms with E-state index in [9.17, 15) is 0 Å². The van der Waals surface area contributed by atoms with E-state index >= 15 is 0 Å². The van der Waals surface area contributed by atoms with Crippen LogP contribution in [0.1, 0.15) is 9.75 Å². The van der Waals surface area contributed by atoms with Crippen LogP contribution in [0.15, 0.2) is 18.7 Å². The highest BCUT2D eigenvalue weighted by atomic mass is 32.1. The molecule has 0 aliphatic heterocycles. The molecule has 0 amide bonds. The van der Waals surface area contributed by atoms with E-state index in [1.165, 1.54) is 9.75 Å². The van der Waals surface area contributed by atoms with Crippen molar-refractivity contribution in [3.05, 3.63) is 28.5 Å². The van der Waals surface area contributed by atoms with Gasteiger partial charge in [0.2, 0.25) is 0 Å². The molecule has 1 aromatic rings. The Morgan fingerprint density at radius 1 is 1.64 bits per heavy atom. The Hall–Kier alpha value is -1.04. The van der Waals surface area contributed by atoms with Crippen molar-refractivity contribution >= 4 is 16.9 Å². The van der Waals surface area contributed by atoms with Crippen molar-refractivity contribution in [1.29, 1.82) is 0 Å². The fourth-order valence-electron chi connectivity index (χ4n) is 1.24. The maximum atomic E-state index is 5.23. The van der Waals surface area contributed by atoms with Crippen molar-refractivity contribution in [2.75, 3.05) is 20.1 Å². The van der Waals surface area contributed by atoms with E-state index in [0.29, 0.717) is 6.54 Å². The zero-order valence-corrected chi connectivity index (χ0v) is 9.53. The van der Waals surface area contributed by atoms with E-state index in [-0.39, 0.29) is 0 Å². The van der Waals surface area contributed by atoms with E-state index < -0.39 is 0 Å². The van der Waals surface area contributed by atoms with Crippen molar-refractivity contribution in [3.8, 4) is 12.3 Å². The second kappa shape index (κ2) is 4.99. The quantitative estimate of drug-likeness (QED) is 0.683. The molecule has 1 rings (SSSR count). The number of terminal acetylenes is 1. The molecule has 1 nitrogen and oxygen atoms in total. The second-order valence-corrected chi connectivity index (χ2v) is 4.68. The zero-order valence-electron chi connectivity index (χ0n) is 8.71. The Balaban J connectivity index is 2.55. The number of hydrogen-bond acceptors (Lipinski definition) is 2. The average molecular weight is 205 g/mol. The Labute approximate surface area is 90.1 Å². The third-order valence-corrected chi connectivity index (χ3v) is 3.01. The minimum absolute atomic E-state index is 0.670. The van der Waals surface area contributed by atoms with Gasteiger partial charge in [-0.3, -0.25) is 4.90 Å². The number of aryl methyl sites for hydroxylation is 1. The van der Waals surface area contributed by atoms with Crippen molar-refractivity contribution < 1.29 is 0 Å². The van der Waals surface area contributed by atoms with Gasteiger partial charge in [0.05, 0.1) is 6.54 Å². The van der Waals surface area contributed by atoms with Crippen LogP contribution in [0.3, 0.4) is 0 Å². The molecule has 0 aromatic carbocycles. The van der Waals surface area contributed by atoms with Gasteiger partial charge in [-0.25, -0.2) is 0 Å². The molecule has 0 atom stereocenters. The SMILES string of the molecule is C#CCN(C)CC(=C)c1ccc(C)s1. The lowest BCUT2D eigenvalue weighted by atomic mass is 10.2. The van der Waals surface area contributed by atoms with Gasteiger partial charge in [0.1, 0.15) is 0 Å². The topological polar surface area (TPSA) is 3.24 Å². The summed E-state index contributed by atoms with van der Waals surface area (Å²) in [5.74, 6) is 2.62. The predicted molar refractivity (Wildman–Crippen MR) is 64.4 cm³/mol. The molecule has 0 spiro atoms. The molecule has 0 saturated carbocycles. The fourth-order valence-corrected chi connectivity index (χ4v) is 2.07. The molecule has 0 aliphatic rings. The summed E-state index contributed by atoms with van der Waals surface area (Å²) in [6, 6.07) is 4.23. The Morgan fingerprint density at radius 2 is 2.36 bits per heavy atom. The van der Waals surface area contributed by atoms with Crippen LogP contribution in [0.5, 0.6) is 0 Å². The maximum Gasteiger partial charge on any atom is 0.0599 e. The van der Waals surface area contributed by atoms with Gasteiger partial charge in [-0.15, -0.1) is 17.8 Å². The maximum absolute atomic E-state index is 5.23. The molecule has 74 valence electrons. The summed E-state index contributed by atoms with van der Waals surface area (Å²) >= 11 is 1.78. The summed E-state index contributed by atoms with van der Waals surface area (Å²) in [6.45, 7) is 7.67. The van der Waals surface area contributed by atoms with E-state index in [4.69, 9.17) is 6.42 Å². The molecule has 0 unspecified atom stereocenters. The largest absolute Gasteiger partial charge is 0.291 e. The van der Waals surface area contributed by atoms with Gasteiger partial charge in [0, 0.05) is 16.3 Å². The van der Waals surface area contributed by atoms with Crippen LogP contribution < -0.4 is 0 Å². The average Bonchev–Trinajstić information content (AvgIpc) is 2.52. The molecule has 1 heterocycles. The van der Waals surface area contributed by atoms with Crippen LogP contribution in [0.4, 0.5) is 0 Å². The van der Waals surface area contributed by atoms with Gasteiger partial charge in [-0.05, 0) is 31.7 Å². The number of thiophene rings is 1. The highest BCUT2D eigenvalue weighted by molar-refractivity contribution is 7.13. The minimum atomic E-state index is 0.670. The Kier molecular flexibility index (Phi) is 3.94. The highest BCUT2D eigenvalue weighted by Crippen LogP contribution is 2.22. The lowest BCUT2D eigenvalue weighted by Crippen LogP contribution is -2.20. The van der Waals surface area contributed by atoms with E-state index in [1.807, 2.05) is 7.05 Å². The molecule has 0 fully saturated rings. The Morgan fingerprint density at radius 3 is 2.86 bits per heavy atom. The van der Waals surface area contributed by atoms with Crippen molar-refractivity contribution in [1.82, 2.24) is 4.90 Å². The molecule has 0 radical (unpaired) electrons. The highest BCUT2D eigenvalue weighted by Gasteiger charge is 2.04. The standard InChI is InChI=1S/C12H15NS/c1-5-8-13(4)9-10(2)12-7-6-11(3)14-12/h1,6-7H,2,8-9H2,3-4H3. The molecule has 0 bridgehead atoms. The van der Waals surface area contributed by atoms with Gasteiger partial charge in [0.15, 0.2) is 0 Å². The van der Waals surface area contributed by atoms with E-state index in [2.05, 4.69) is 36.5 Å². The normalized spacial score (nSPS) is 10.1. The van der Waals surface area contributed by atoms with Crippen molar-refractivity contribution in [2.24, 2.45) is 0 Å². The first kappa shape index (κ1) is 11.0. The number of likely N-dealkylation sites (N-methyl/N-ethyl adjacent to an activating group) is 1. The third-order valence-electron chi connectivity index (χ3n) is 1.91. The van der Waals surface area contributed by atoms with Gasteiger partial charge >= 0.3 is 0 Å². The first-order chi connectivity index (χ1) is 6.63. The molecular formula is C12H15NS. The summed E-state index contributed by atoms with van der Waals surface area (Å²) in [5, 5.41) is 0. The van der Waals surface area contributed by atoms with E-state index in [1.54, 1.807) is 11.3 Å². The molecule has 0 N–H and O–H groups in total. The van der Waals surface area contributed by atoms with Crippen LogP contribution >= 0.6 is 11.3 Å². The minimum Gasteiger partial charge on any atom is -0.291 e. The van der Waals surface area contributed by atoms with Crippen LogP contribution in [-0.2, 0) is 0 Å². The Bertz CT molecular complexity index is 357. The fraction of sp³-hybridized carbons (Fsp3) is 0.333. The predicted octanol–water partition coefficient (Wildman–Crippen LogP) is 2.63. The molecular weight excluding hydrogens is 190 g/mol. The van der Waals surface area contributed by atoms with Crippen LogP contribution in [0, 0.1) is 19.3 Å². The van der Waals surface area contributed by atoms with Gasteiger partial charge < -0.3 is 0 Å². The number of hydrogen-bond donors (Lipinski definition) is 0. The first-order valence-corrected chi connectivity index (χ1v) is 5.31. The number of rotatable bonds is 4. The molecule has 1 aromatic heterocycles. The second-order valence-electron chi connectivity index (χ2n) is 3.39. The summed E-state index contributed by atoms with van der Waals surface area (Å²) in [6.07, 6.45) is 5.23. The van der Waals surface area contributed by atoms with Gasteiger partial charge in [-0.1, -0.05) is 12.5 Å². The smallest absolute Gasteiger partial charge is 0.0599 e. The van der Waals surface area contributed by atoms with Crippen molar-refractivity contribution in [3.63, 3.8) is 0 Å².